The number of methoxy groups -OCH3 is 1. The van der Waals surface area contributed by atoms with Crippen LogP contribution in [0.4, 0.5) is 0 Å². The lowest BCUT2D eigenvalue weighted by atomic mass is 9.99. The Bertz CT molecular complexity index is 922. The van der Waals surface area contributed by atoms with E-state index in [-0.39, 0.29) is 11.5 Å². The fraction of sp³-hybridized carbons (Fsp3) is 0.591. The van der Waals surface area contributed by atoms with Crippen LogP contribution in [-0.2, 0) is 23.7 Å². The first-order valence-electron chi connectivity index (χ1n) is 10.9. The van der Waals surface area contributed by atoms with E-state index in [0.29, 0.717) is 5.56 Å². The minimum atomic E-state index is -2.36. The molecule has 0 amide bonds. The molecule has 0 saturated carbocycles. The number of aliphatic hydroxyl groups excluding tert-OH is 7. The van der Waals surface area contributed by atoms with Crippen LogP contribution < -0.4 is 4.74 Å². The standard InChI is InChI=1S/C22H30O14/c1-32-12-6-10(2-4-11(12)25)3-5-15(26)33-8-14-17(28)20(31)22(9-24,35-14)36-21-19(30)18(29)16(27)13(7-23)34-21/h2-6,13-14,16-21,23-25,27-31H,7-9H2,1H3. The van der Waals surface area contributed by atoms with Crippen molar-refractivity contribution in [2.45, 2.75) is 54.8 Å². The summed E-state index contributed by atoms with van der Waals surface area (Å²) in [7, 11) is 1.37. The first-order chi connectivity index (χ1) is 17.1. The van der Waals surface area contributed by atoms with Crippen molar-refractivity contribution in [2.75, 3.05) is 26.9 Å². The van der Waals surface area contributed by atoms with Crippen LogP contribution in [0.1, 0.15) is 5.56 Å². The quantitative estimate of drug-likeness (QED) is 0.118. The van der Waals surface area contributed by atoms with E-state index in [9.17, 15) is 45.6 Å². The minimum Gasteiger partial charge on any atom is -0.504 e. The van der Waals surface area contributed by atoms with Crippen molar-refractivity contribution < 1.29 is 69.3 Å². The number of benzene rings is 1. The second kappa shape index (κ2) is 11.8. The van der Waals surface area contributed by atoms with Crippen LogP contribution >= 0.6 is 0 Å². The van der Waals surface area contributed by atoms with Gasteiger partial charge in [0.15, 0.2) is 17.8 Å². The highest BCUT2D eigenvalue weighted by Crippen LogP contribution is 2.36. The average Bonchev–Trinajstić information content (AvgIpc) is 3.12. The molecule has 0 spiro atoms. The first-order valence-corrected chi connectivity index (χ1v) is 10.9. The van der Waals surface area contributed by atoms with Crippen LogP contribution in [0.2, 0.25) is 0 Å². The lowest BCUT2D eigenvalue weighted by Gasteiger charge is -2.43. The Morgan fingerprint density at radius 1 is 1.06 bits per heavy atom. The van der Waals surface area contributed by atoms with E-state index in [4.69, 9.17) is 23.7 Å². The summed E-state index contributed by atoms with van der Waals surface area (Å²) >= 11 is 0. The fourth-order valence-corrected chi connectivity index (χ4v) is 3.79. The van der Waals surface area contributed by atoms with Gasteiger partial charge < -0.3 is 64.5 Å². The number of phenolic OH excluding ortho intramolecular Hbond substituents is 1. The van der Waals surface area contributed by atoms with Gasteiger partial charge in [0.1, 0.15) is 55.9 Å². The molecule has 1 aromatic carbocycles. The largest absolute Gasteiger partial charge is 0.504 e. The lowest BCUT2D eigenvalue weighted by Crippen LogP contribution is -2.62. The second-order valence-electron chi connectivity index (χ2n) is 8.27. The Labute approximate surface area is 205 Å². The summed E-state index contributed by atoms with van der Waals surface area (Å²) in [6.45, 7) is -2.36. The molecule has 2 fully saturated rings. The van der Waals surface area contributed by atoms with Gasteiger partial charge in [-0.1, -0.05) is 6.07 Å². The highest BCUT2D eigenvalue weighted by Gasteiger charge is 2.58. The summed E-state index contributed by atoms with van der Waals surface area (Å²) in [5.74, 6) is -3.09. The van der Waals surface area contributed by atoms with Crippen LogP contribution in [0.3, 0.4) is 0 Å². The topological polar surface area (TPSA) is 225 Å². The molecular formula is C22H30O14. The van der Waals surface area contributed by atoms with Crippen LogP contribution in [0.15, 0.2) is 24.3 Å². The van der Waals surface area contributed by atoms with Crippen molar-refractivity contribution in [3.05, 3.63) is 29.8 Å². The number of ether oxygens (including phenoxy) is 5. The Morgan fingerprint density at radius 3 is 2.42 bits per heavy atom. The predicted octanol–water partition coefficient (Wildman–Crippen LogP) is -3.42. The summed E-state index contributed by atoms with van der Waals surface area (Å²) in [6, 6.07) is 4.37. The van der Waals surface area contributed by atoms with Crippen LogP contribution in [0.5, 0.6) is 11.5 Å². The Balaban J connectivity index is 1.63. The zero-order chi connectivity index (χ0) is 26.6. The SMILES string of the molecule is COc1cc(C=CC(=O)OCC2OC(CO)(OC3OC(CO)C(O)C(O)C3O)C(O)C2O)ccc1O. The number of aromatic hydroxyl groups is 1. The van der Waals surface area contributed by atoms with Gasteiger partial charge in [-0.3, -0.25) is 0 Å². The smallest absolute Gasteiger partial charge is 0.330 e. The molecule has 2 heterocycles. The summed E-state index contributed by atoms with van der Waals surface area (Å²) in [6.07, 6.45) is -11.0. The number of esters is 1. The number of carbonyl (C=O) groups excluding carboxylic acids is 1. The molecule has 202 valence electrons. The lowest BCUT2D eigenvalue weighted by molar-refractivity contribution is -0.383. The van der Waals surface area contributed by atoms with E-state index in [0.717, 1.165) is 6.08 Å². The zero-order valence-corrected chi connectivity index (χ0v) is 19.2. The van der Waals surface area contributed by atoms with Gasteiger partial charge in [0.25, 0.3) is 0 Å². The van der Waals surface area contributed by atoms with Crippen molar-refractivity contribution in [1.82, 2.24) is 0 Å². The number of rotatable bonds is 9. The molecule has 1 aromatic rings. The van der Waals surface area contributed by atoms with Gasteiger partial charge in [-0.25, -0.2) is 4.79 Å². The van der Waals surface area contributed by atoms with Gasteiger partial charge in [-0.15, -0.1) is 0 Å². The molecule has 3 rings (SSSR count). The van der Waals surface area contributed by atoms with Gasteiger partial charge in [0, 0.05) is 6.08 Å². The molecule has 36 heavy (non-hydrogen) atoms. The maximum atomic E-state index is 12.1. The van der Waals surface area contributed by atoms with Crippen molar-refractivity contribution >= 4 is 12.0 Å². The number of carbonyl (C=O) groups is 1. The molecule has 2 saturated heterocycles. The fourth-order valence-electron chi connectivity index (χ4n) is 3.79. The van der Waals surface area contributed by atoms with E-state index in [1.54, 1.807) is 0 Å². The van der Waals surface area contributed by atoms with Crippen LogP contribution in [0.25, 0.3) is 6.08 Å². The Morgan fingerprint density at radius 2 is 1.78 bits per heavy atom. The highest BCUT2D eigenvalue weighted by atomic mass is 16.8. The summed E-state index contributed by atoms with van der Waals surface area (Å²) in [4.78, 5) is 12.1. The maximum Gasteiger partial charge on any atom is 0.330 e. The molecule has 2 aliphatic heterocycles. The predicted molar refractivity (Wildman–Crippen MR) is 116 cm³/mol. The van der Waals surface area contributed by atoms with Gasteiger partial charge in [0.05, 0.1) is 13.7 Å². The van der Waals surface area contributed by atoms with E-state index in [2.05, 4.69) is 0 Å². The molecule has 9 unspecified atom stereocenters. The average molecular weight is 518 g/mol. The zero-order valence-electron chi connectivity index (χ0n) is 19.2. The molecule has 0 aromatic heterocycles. The van der Waals surface area contributed by atoms with Crippen molar-refractivity contribution in [3.63, 3.8) is 0 Å². The van der Waals surface area contributed by atoms with E-state index in [1.807, 2.05) is 0 Å². The number of aliphatic hydroxyl groups is 7. The molecule has 2 aliphatic rings. The van der Waals surface area contributed by atoms with Gasteiger partial charge in [-0.2, -0.15) is 0 Å². The third-order valence-electron chi connectivity index (χ3n) is 5.90. The Kier molecular flexibility index (Phi) is 9.23. The number of hydrogen-bond donors (Lipinski definition) is 8. The van der Waals surface area contributed by atoms with Gasteiger partial charge in [-0.05, 0) is 23.8 Å². The van der Waals surface area contributed by atoms with Crippen molar-refractivity contribution in [1.29, 1.82) is 0 Å². The molecule has 0 aliphatic carbocycles. The minimum absolute atomic E-state index is 0.0820. The van der Waals surface area contributed by atoms with Crippen LogP contribution in [-0.4, -0.2) is 129 Å². The number of phenols is 1. The second-order valence-corrected chi connectivity index (χ2v) is 8.27. The van der Waals surface area contributed by atoms with Gasteiger partial charge in [0.2, 0.25) is 5.79 Å². The van der Waals surface area contributed by atoms with Crippen molar-refractivity contribution in [3.8, 4) is 11.5 Å². The molecule has 9 atom stereocenters. The first kappa shape index (κ1) is 28.2. The molecule has 0 bridgehead atoms. The third-order valence-corrected chi connectivity index (χ3v) is 5.90. The molecule has 14 heteroatoms. The summed E-state index contributed by atoms with van der Waals surface area (Å²) < 4.78 is 26.0. The van der Waals surface area contributed by atoms with E-state index >= 15 is 0 Å². The van der Waals surface area contributed by atoms with Crippen LogP contribution in [0, 0.1) is 0 Å². The maximum absolute atomic E-state index is 12.1. The monoisotopic (exact) mass is 518 g/mol. The highest BCUT2D eigenvalue weighted by molar-refractivity contribution is 5.87. The van der Waals surface area contributed by atoms with Crippen molar-refractivity contribution in [2.24, 2.45) is 0 Å². The number of hydrogen-bond acceptors (Lipinski definition) is 14. The summed E-state index contributed by atoms with van der Waals surface area (Å²) in [5, 5.41) is 79.6. The third kappa shape index (κ3) is 5.78. The molecule has 0 radical (unpaired) electrons. The normalized spacial score (nSPS) is 36.8. The van der Waals surface area contributed by atoms with Gasteiger partial charge >= 0.3 is 5.97 Å². The Hall–Kier alpha value is -2.37. The molecular weight excluding hydrogens is 488 g/mol. The van der Waals surface area contributed by atoms with E-state index in [1.165, 1.54) is 31.4 Å². The molecule has 8 N–H and O–H groups in total. The summed E-state index contributed by atoms with van der Waals surface area (Å²) in [5.41, 5.74) is 0.515. The van der Waals surface area contributed by atoms with E-state index < -0.39 is 80.6 Å². The molecule has 14 nitrogen and oxygen atoms in total.